The lowest BCUT2D eigenvalue weighted by Gasteiger charge is -2.16. The molecule has 0 saturated heterocycles. The minimum atomic E-state index is 0.610. The molecule has 1 rings (SSSR count). The van der Waals surface area contributed by atoms with Crippen LogP contribution >= 0.6 is 0 Å². The van der Waals surface area contributed by atoms with E-state index < -0.39 is 0 Å². The third-order valence-corrected chi connectivity index (χ3v) is 1.68. The molecule has 74 valence electrons. The zero-order chi connectivity index (χ0) is 9.68. The van der Waals surface area contributed by atoms with Crippen LogP contribution in [-0.2, 0) is 0 Å². The summed E-state index contributed by atoms with van der Waals surface area (Å²) in [7, 11) is 4.07. The van der Waals surface area contributed by atoms with Crippen LogP contribution in [-0.4, -0.2) is 47.3 Å². The summed E-state index contributed by atoms with van der Waals surface area (Å²) >= 11 is 0. The van der Waals surface area contributed by atoms with Crippen LogP contribution in [0, 0.1) is 0 Å². The topological polar surface area (TPSA) is 74.1 Å². The third-order valence-electron chi connectivity index (χ3n) is 1.68. The molecular weight excluding hydrogens is 168 g/mol. The van der Waals surface area contributed by atoms with E-state index in [-0.39, 0.29) is 0 Å². The standard InChI is InChI=1S/C7H16N6/c1-12(2)4-3-5-13(8)7-9-6-10-11-7/h6H,3-5,8H2,1-2H3,(H,9,10,11). The van der Waals surface area contributed by atoms with Crippen molar-refractivity contribution in [2.45, 2.75) is 6.42 Å². The molecule has 3 N–H and O–H groups in total. The summed E-state index contributed by atoms with van der Waals surface area (Å²) in [6, 6.07) is 0. The van der Waals surface area contributed by atoms with Crippen molar-refractivity contribution in [3.8, 4) is 0 Å². The molecule has 0 aliphatic carbocycles. The van der Waals surface area contributed by atoms with Gasteiger partial charge in [0.2, 0.25) is 5.95 Å². The molecule has 0 spiro atoms. The van der Waals surface area contributed by atoms with Crippen molar-refractivity contribution in [3.05, 3.63) is 6.33 Å². The molecule has 1 heterocycles. The second-order valence-corrected chi connectivity index (χ2v) is 3.16. The van der Waals surface area contributed by atoms with E-state index in [1.165, 1.54) is 6.33 Å². The fourth-order valence-corrected chi connectivity index (χ4v) is 1.00. The molecule has 0 fully saturated rings. The number of nitrogens with zero attached hydrogens (tertiary/aromatic N) is 4. The van der Waals surface area contributed by atoms with E-state index in [2.05, 4.69) is 20.1 Å². The van der Waals surface area contributed by atoms with Crippen molar-refractivity contribution in [2.24, 2.45) is 5.84 Å². The SMILES string of the molecule is CN(C)CCCN(N)c1ncn[nH]1. The van der Waals surface area contributed by atoms with Crippen molar-refractivity contribution in [1.29, 1.82) is 0 Å². The summed E-state index contributed by atoms with van der Waals surface area (Å²) in [4.78, 5) is 6.05. The molecule has 0 aliphatic rings. The Bertz CT molecular complexity index is 219. The van der Waals surface area contributed by atoms with Gasteiger partial charge in [-0.3, -0.25) is 5.01 Å². The van der Waals surface area contributed by atoms with Gasteiger partial charge in [0.25, 0.3) is 0 Å². The number of nitrogens with one attached hydrogen (secondary N) is 1. The summed E-state index contributed by atoms with van der Waals surface area (Å²) in [6.07, 6.45) is 2.45. The fraction of sp³-hybridized carbons (Fsp3) is 0.714. The van der Waals surface area contributed by atoms with Gasteiger partial charge in [0.05, 0.1) is 0 Å². The lowest BCUT2D eigenvalue weighted by atomic mass is 10.4. The minimum Gasteiger partial charge on any atom is -0.309 e. The van der Waals surface area contributed by atoms with Crippen LogP contribution in [0.2, 0.25) is 0 Å². The van der Waals surface area contributed by atoms with Gasteiger partial charge in [-0.2, -0.15) is 10.1 Å². The first-order valence-electron chi connectivity index (χ1n) is 4.22. The van der Waals surface area contributed by atoms with Crippen LogP contribution in [0.15, 0.2) is 6.33 Å². The molecule has 0 bridgehead atoms. The number of aromatic nitrogens is 3. The number of nitrogens with two attached hydrogens (primary N) is 1. The maximum Gasteiger partial charge on any atom is 0.235 e. The van der Waals surface area contributed by atoms with Gasteiger partial charge >= 0.3 is 0 Å². The van der Waals surface area contributed by atoms with Crippen LogP contribution in [0.5, 0.6) is 0 Å². The van der Waals surface area contributed by atoms with E-state index in [1.807, 2.05) is 14.1 Å². The predicted molar refractivity (Wildman–Crippen MR) is 51.1 cm³/mol. The van der Waals surface area contributed by atoms with Gasteiger partial charge in [-0.05, 0) is 27.1 Å². The molecule has 6 nitrogen and oxygen atoms in total. The third kappa shape index (κ3) is 3.39. The average Bonchev–Trinajstić information content (AvgIpc) is 2.55. The number of H-pyrrole nitrogens is 1. The Balaban J connectivity index is 2.22. The lowest BCUT2D eigenvalue weighted by molar-refractivity contribution is 0.400. The zero-order valence-electron chi connectivity index (χ0n) is 8.06. The van der Waals surface area contributed by atoms with Gasteiger partial charge in [0.1, 0.15) is 6.33 Å². The molecule has 0 aliphatic heterocycles. The monoisotopic (exact) mass is 184 g/mol. The first-order valence-corrected chi connectivity index (χ1v) is 4.22. The normalized spacial score (nSPS) is 10.8. The largest absolute Gasteiger partial charge is 0.309 e. The van der Waals surface area contributed by atoms with E-state index >= 15 is 0 Å². The zero-order valence-corrected chi connectivity index (χ0v) is 8.06. The van der Waals surface area contributed by atoms with Gasteiger partial charge in [-0.1, -0.05) is 0 Å². The summed E-state index contributed by atoms with van der Waals surface area (Å²) in [5.74, 6) is 6.32. The van der Waals surface area contributed by atoms with Gasteiger partial charge in [-0.15, -0.1) is 0 Å². The molecule has 0 aromatic carbocycles. The number of hydrazine groups is 1. The summed E-state index contributed by atoms with van der Waals surface area (Å²) in [6.45, 7) is 1.79. The first-order chi connectivity index (χ1) is 6.20. The minimum absolute atomic E-state index is 0.610. The van der Waals surface area contributed by atoms with Gasteiger partial charge < -0.3 is 4.90 Å². The predicted octanol–water partition coefficient (Wildman–Crippen LogP) is -0.563. The highest BCUT2D eigenvalue weighted by molar-refractivity contribution is 5.22. The van der Waals surface area contributed by atoms with Crippen LogP contribution in [0.3, 0.4) is 0 Å². The van der Waals surface area contributed by atoms with Crippen molar-refractivity contribution in [1.82, 2.24) is 20.1 Å². The number of anilines is 1. The second-order valence-electron chi connectivity index (χ2n) is 3.16. The molecular formula is C7H16N6. The number of rotatable bonds is 5. The molecule has 1 aromatic heterocycles. The van der Waals surface area contributed by atoms with E-state index in [0.717, 1.165) is 19.5 Å². The second kappa shape index (κ2) is 4.78. The Labute approximate surface area is 77.7 Å². The lowest BCUT2D eigenvalue weighted by Crippen LogP contribution is -2.34. The van der Waals surface area contributed by atoms with Crippen molar-refractivity contribution in [2.75, 3.05) is 32.2 Å². The molecule has 13 heavy (non-hydrogen) atoms. The summed E-state index contributed by atoms with van der Waals surface area (Å²) in [5.41, 5.74) is 0. The molecule has 1 aromatic rings. The van der Waals surface area contributed by atoms with Crippen LogP contribution in [0.1, 0.15) is 6.42 Å². The van der Waals surface area contributed by atoms with Gasteiger partial charge in [0, 0.05) is 6.54 Å². The average molecular weight is 184 g/mol. The number of aromatic amines is 1. The number of hydrogen-bond acceptors (Lipinski definition) is 5. The van der Waals surface area contributed by atoms with E-state index in [0.29, 0.717) is 5.95 Å². The first kappa shape index (κ1) is 9.94. The highest BCUT2D eigenvalue weighted by Gasteiger charge is 2.03. The Morgan fingerprint density at radius 2 is 2.23 bits per heavy atom. The highest BCUT2D eigenvalue weighted by Crippen LogP contribution is 1.98. The van der Waals surface area contributed by atoms with E-state index in [9.17, 15) is 0 Å². The Hall–Kier alpha value is -1.14. The molecule has 6 heteroatoms. The van der Waals surface area contributed by atoms with Crippen molar-refractivity contribution < 1.29 is 0 Å². The smallest absolute Gasteiger partial charge is 0.235 e. The molecule has 0 saturated carbocycles. The maximum absolute atomic E-state index is 5.71. The van der Waals surface area contributed by atoms with E-state index in [1.54, 1.807) is 5.01 Å². The molecule has 0 unspecified atom stereocenters. The Morgan fingerprint density at radius 1 is 1.46 bits per heavy atom. The molecule has 0 radical (unpaired) electrons. The molecule has 0 atom stereocenters. The van der Waals surface area contributed by atoms with Crippen LogP contribution in [0.4, 0.5) is 5.95 Å². The number of hydrogen-bond donors (Lipinski definition) is 2. The Kier molecular flexibility index (Phi) is 3.66. The van der Waals surface area contributed by atoms with Crippen molar-refractivity contribution >= 4 is 5.95 Å². The van der Waals surface area contributed by atoms with Gasteiger partial charge in [0.15, 0.2) is 0 Å². The fourth-order valence-electron chi connectivity index (χ4n) is 1.00. The summed E-state index contributed by atoms with van der Waals surface area (Å²) < 4.78 is 0. The maximum atomic E-state index is 5.71. The van der Waals surface area contributed by atoms with E-state index in [4.69, 9.17) is 5.84 Å². The highest BCUT2D eigenvalue weighted by atomic mass is 15.5. The quantitative estimate of drug-likeness (QED) is 0.474. The summed E-state index contributed by atoms with van der Waals surface area (Å²) in [5, 5.41) is 7.99. The van der Waals surface area contributed by atoms with Crippen LogP contribution in [0.25, 0.3) is 0 Å². The molecule has 0 amide bonds. The van der Waals surface area contributed by atoms with Crippen molar-refractivity contribution in [3.63, 3.8) is 0 Å². The van der Waals surface area contributed by atoms with Gasteiger partial charge in [-0.25, -0.2) is 10.9 Å². The Morgan fingerprint density at radius 3 is 2.77 bits per heavy atom. The van der Waals surface area contributed by atoms with Crippen LogP contribution < -0.4 is 10.9 Å².